The molecule has 116 valence electrons. The summed E-state index contributed by atoms with van der Waals surface area (Å²) in [5.41, 5.74) is 2.56. The molecule has 0 spiro atoms. The molecule has 21 heavy (non-hydrogen) atoms. The van der Waals surface area contributed by atoms with Crippen molar-refractivity contribution >= 4 is 29.2 Å². The van der Waals surface area contributed by atoms with Gasteiger partial charge in [0.1, 0.15) is 5.69 Å². The summed E-state index contributed by atoms with van der Waals surface area (Å²) in [5.74, 6) is 6.77. The summed E-state index contributed by atoms with van der Waals surface area (Å²) in [4.78, 5) is 18.9. The molecule has 0 aliphatic heterocycles. The Morgan fingerprint density at radius 1 is 1.48 bits per heavy atom. The van der Waals surface area contributed by atoms with Gasteiger partial charge in [-0.2, -0.15) is 16.7 Å². The summed E-state index contributed by atoms with van der Waals surface area (Å²) in [6.45, 7) is 3.70. The number of hydrogen-bond donors (Lipinski definition) is 3. The van der Waals surface area contributed by atoms with Crippen LogP contribution in [-0.4, -0.2) is 31.9 Å². The number of hydrazine groups is 1. The van der Waals surface area contributed by atoms with Crippen molar-refractivity contribution in [3.63, 3.8) is 0 Å². The van der Waals surface area contributed by atoms with Crippen molar-refractivity contribution in [1.29, 1.82) is 0 Å². The lowest BCUT2D eigenvalue weighted by atomic mass is 10.2. The van der Waals surface area contributed by atoms with Gasteiger partial charge in [-0.3, -0.25) is 15.5 Å². The van der Waals surface area contributed by atoms with Crippen LogP contribution in [0.5, 0.6) is 0 Å². The summed E-state index contributed by atoms with van der Waals surface area (Å²) in [6.07, 6.45) is 3.23. The number of hydrogen-bond acceptors (Lipinski definition) is 8. The van der Waals surface area contributed by atoms with E-state index in [2.05, 4.69) is 27.6 Å². The summed E-state index contributed by atoms with van der Waals surface area (Å²) < 4.78 is 0. The molecule has 2 rings (SSSR count). The number of anilines is 2. The molecule has 1 aromatic rings. The van der Waals surface area contributed by atoms with Crippen molar-refractivity contribution in [2.45, 2.75) is 44.4 Å². The van der Waals surface area contributed by atoms with Gasteiger partial charge in [0.25, 0.3) is 0 Å². The summed E-state index contributed by atoms with van der Waals surface area (Å²) >= 11 is 1.88. The van der Waals surface area contributed by atoms with Crippen molar-refractivity contribution in [2.75, 3.05) is 16.5 Å². The molecule has 0 radical (unpaired) electrons. The molecule has 0 saturated heterocycles. The number of nitrogen functional groups attached to an aromatic ring is 1. The van der Waals surface area contributed by atoms with Crippen molar-refractivity contribution in [3.05, 3.63) is 15.8 Å². The van der Waals surface area contributed by atoms with Crippen LogP contribution in [0.1, 0.15) is 31.9 Å². The number of aryl methyl sites for hydroxylation is 1. The topological polar surface area (TPSA) is 119 Å². The maximum Gasteiger partial charge on any atom is 0.332 e. The first kappa shape index (κ1) is 15.8. The molecule has 2 atom stereocenters. The van der Waals surface area contributed by atoms with Crippen molar-refractivity contribution in [2.24, 2.45) is 5.84 Å². The molecule has 8 nitrogen and oxygen atoms in total. The molecule has 1 aliphatic rings. The fraction of sp³-hybridized carbons (Fsp3) is 0.667. The fourth-order valence-electron chi connectivity index (χ4n) is 2.63. The van der Waals surface area contributed by atoms with E-state index in [1.165, 1.54) is 0 Å². The predicted molar refractivity (Wildman–Crippen MR) is 84.4 cm³/mol. The first-order valence-electron chi connectivity index (χ1n) is 6.94. The van der Waals surface area contributed by atoms with Crippen LogP contribution in [0.4, 0.5) is 17.5 Å². The van der Waals surface area contributed by atoms with E-state index in [9.17, 15) is 10.1 Å². The number of nitrogens with two attached hydrogens (primary N) is 1. The Morgan fingerprint density at radius 2 is 2.24 bits per heavy atom. The molecule has 4 N–H and O–H groups in total. The van der Waals surface area contributed by atoms with E-state index in [1.54, 1.807) is 6.92 Å². The Morgan fingerprint density at radius 3 is 2.86 bits per heavy atom. The normalized spacial score (nSPS) is 21.3. The lowest BCUT2D eigenvalue weighted by Crippen LogP contribution is -2.27. The van der Waals surface area contributed by atoms with Crippen LogP contribution in [0.15, 0.2) is 0 Å². The van der Waals surface area contributed by atoms with Crippen LogP contribution >= 0.6 is 11.8 Å². The van der Waals surface area contributed by atoms with Gasteiger partial charge in [-0.05, 0) is 25.5 Å². The lowest BCUT2D eigenvalue weighted by Gasteiger charge is -2.21. The summed E-state index contributed by atoms with van der Waals surface area (Å²) in [7, 11) is 0. The van der Waals surface area contributed by atoms with Crippen LogP contribution in [0.3, 0.4) is 0 Å². The molecule has 2 unspecified atom stereocenters. The Balaban J connectivity index is 2.29. The molecule has 9 heteroatoms. The van der Waals surface area contributed by atoms with E-state index < -0.39 is 4.92 Å². The van der Waals surface area contributed by atoms with Crippen molar-refractivity contribution < 1.29 is 4.92 Å². The van der Waals surface area contributed by atoms with Gasteiger partial charge in [0.05, 0.1) is 4.92 Å². The number of thioether (sulfide) groups is 1. The smallest absolute Gasteiger partial charge is 0.332 e. The van der Waals surface area contributed by atoms with E-state index in [0.717, 1.165) is 25.0 Å². The fourth-order valence-corrected chi connectivity index (χ4v) is 3.83. The summed E-state index contributed by atoms with van der Waals surface area (Å²) in [6, 6.07) is 0.188. The predicted octanol–water partition coefficient (Wildman–Crippen LogP) is 2.06. The third kappa shape index (κ3) is 3.53. The maximum atomic E-state index is 11.3. The average Bonchev–Trinajstić information content (AvgIpc) is 2.85. The highest BCUT2D eigenvalue weighted by molar-refractivity contribution is 7.99. The molecule has 1 heterocycles. The zero-order valence-electron chi connectivity index (χ0n) is 12.1. The maximum absolute atomic E-state index is 11.3. The molecular weight excluding hydrogens is 292 g/mol. The largest absolute Gasteiger partial charge is 0.360 e. The van der Waals surface area contributed by atoms with Gasteiger partial charge in [0, 0.05) is 11.3 Å². The zero-order valence-corrected chi connectivity index (χ0v) is 12.9. The monoisotopic (exact) mass is 312 g/mol. The Bertz CT molecular complexity index is 527. The van der Waals surface area contributed by atoms with Gasteiger partial charge in [0.2, 0.25) is 11.8 Å². The second-order valence-electron chi connectivity index (χ2n) is 4.91. The third-order valence-corrected chi connectivity index (χ3v) is 4.85. The number of rotatable bonds is 6. The Labute approximate surface area is 127 Å². The molecule has 0 amide bonds. The SMILES string of the molecule is CCSC1CCCC1Nc1nc(NN)nc(C)c1[N+](=O)[O-]. The first-order chi connectivity index (χ1) is 10.1. The van der Waals surface area contributed by atoms with Crippen molar-refractivity contribution in [1.82, 2.24) is 9.97 Å². The highest BCUT2D eigenvalue weighted by Gasteiger charge is 2.31. The molecule has 1 saturated carbocycles. The Kier molecular flexibility index (Phi) is 5.18. The molecule has 1 aromatic heterocycles. The first-order valence-corrected chi connectivity index (χ1v) is 7.99. The Hall–Kier alpha value is -1.61. The van der Waals surface area contributed by atoms with E-state index in [1.807, 2.05) is 11.8 Å². The van der Waals surface area contributed by atoms with Crippen LogP contribution < -0.4 is 16.6 Å². The minimum Gasteiger partial charge on any atom is -0.360 e. The second-order valence-corrected chi connectivity index (χ2v) is 6.42. The highest BCUT2D eigenvalue weighted by atomic mass is 32.2. The highest BCUT2D eigenvalue weighted by Crippen LogP contribution is 2.34. The van der Waals surface area contributed by atoms with Gasteiger partial charge in [-0.15, -0.1) is 0 Å². The molecular formula is C12H20N6O2S. The third-order valence-electron chi connectivity index (χ3n) is 3.53. The van der Waals surface area contributed by atoms with E-state index in [4.69, 9.17) is 5.84 Å². The van der Waals surface area contributed by atoms with Gasteiger partial charge >= 0.3 is 5.69 Å². The van der Waals surface area contributed by atoms with Crippen LogP contribution in [0.25, 0.3) is 0 Å². The summed E-state index contributed by atoms with van der Waals surface area (Å²) in [5, 5.41) is 14.9. The minimum atomic E-state index is -0.450. The van der Waals surface area contributed by atoms with Crippen LogP contribution in [0.2, 0.25) is 0 Å². The number of nitro groups is 1. The van der Waals surface area contributed by atoms with Gasteiger partial charge in [0.15, 0.2) is 0 Å². The minimum absolute atomic E-state index is 0.0823. The van der Waals surface area contributed by atoms with Crippen LogP contribution in [0, 0.1) is 17.0 Å². The standard InChI is InChI=1S/C12H20N6O2S/c1-3-21-9-6-4-5-8(9)15-11-10(18(19)20)7(2)14-12(16-11)17-13/h8-9H,3-6,13H2,1-2H3,(H2,14,15,16,17). The number of nitrogens with one attached hydrogen (secondary N) is 2. The van der Waals surface area contributed by atoms with Gasteiger partial charge in [-0.25, -0.2) is 10.8 Å². The zero-order chi connectivity index (χ0) is 15.4. The van der Waals surface area contributed by atoms with Crippen LogP contribution in [-0.2, 0) is 0 Å². The van der Waals surface area contributed by atoms with Crippen molar-refractivity contribution in [3.8, 4) is 0 Å². The van der Waals surface area contributed by atoms with E-state index >= 15 is 0 Å². The molecule has 1 fully saturated rings. The number of nitrogens with zero attached hydrogens (tertiary/aromatic N) is 3. The number of aromatic nitrogens is 2. The van der Waals surface area contributed by atoms with Gasteiger partial charge < -0.3 is 5.32 Å². The van der Waals surface area contributed by atoms with E-state index in [-0.39, 0.29) is 23.5 Å². The molecule has 0 bridgehead atoms. The second kappa shape index (κ2) is 6.90. The molecule has 1 aliphatic carbocycles. The van der Waals surface area contributed by atoms with Gasteiger partial charge in [-0.1, -0.05) is 13.3 Å². The molecule has 0 aromatic carbocycles. The average molecular weight is 312 g/mol. The quantitative estimate of drug-likeness (QED) is 0.415. The van der Waals surface area contributed by atoms with E-state index in [0.29, 0.717) is 10.9 Å². The lowest BCUT2D eigenvalue weighted by molar-refractivity contribution is -0.385.